The molecule has 3 nitrogen and oxygen atoms in total. The Kier molecular flexibility index (Phi) is 2.45. The van der Waals surface area contributed by atoms with E-state index in [1.807, 2.05) is 12.1 Å². The maximum atomic E-state index is 13.4. The number of H-pyrrole nitrogens is 1. The number of nitrogens with zero attached hydrogens (tertiary/aromatic N) is 1. The van der Waals surface area contributed by atoms with Gasteiger partial charge in [0.15, 0.2) is 0 Å². The standard InChI is InChI=1S/C13H9ClFN3/c14-8-4-2-6-10-12(8)18-13(17-10)7-3-1-5-9(15)11(7)16/h1-6H,16H2,(H,17,18). The number of nitrogens with one attached hydrogen (secondary N) is 1. The Hall–Kier alpha value is -2.07. The van der Waals surface area contributed by atoms with Crippen molar-refractivity contribution in [3.8, 4) is 11.4 Å². The Bertz CT molecular complexity index is 736. The van der Waals surface area contributed by atoms with Gasteiger partial charge in [-0.2, -0.15) is 0 Å². The number of anilines is 1. The molecule has 0 bridgehead atoms. The summed E-state index contributed by atoms with van der Waals surface area (Å²) in [5.74, 6) is 0.0501. The summed E-state index contributed by atoms with van der Waals surface area (Å²) >= 11 is 6.04. The number of hydrogen-bond acceptors (Lipinski definition) is 2. The SMILES string of the molecule is Nc1c(F)cccc1-c1nc2c(Cl)cccc2[nH]1. The van der Waals surface area contributed by atoms with Crippen molar-refractivity contribution >= 4 is 28.3 Å². The molecule has 0 aliphatic rings. The predicted molar refractivity (Wildman–Crippen MR) is 70.9 cm³/mol. The van der Waals surface area contributed by atoms with Crippen LogP contribution in [-0.2, 0) is 0 Å². The zero-order valence-corrected chi connectivity index (χ0v) is 10.0. The Labute approximate surface area is 107 Å². The van der Waals surface area contributed by atoms with Gasteiger partial charge in [-0.3, -0.25) is 0 Å². The number of nitrogens with two attached hydrogens (primary N) is 1. The monoisotopic (exact) mass is 261 g/mol. The molecule has 0 aliphatic heterocycles. The molecule has 0 atom stereocenters. The minimum atomic E-state index is -0.459. The van der Waals surface area contributed by atoms with Gasteiger partial charge in [-0.05, 0) is 24.3 Å². The first-order valence-electron chi connectivity index (χ1n) is 5.35. The van der Waals surface area contributed by atoms with E-state index < -0.39 is 5.82 Å². The van der Waals surface area contributed by atoms with Crippen LogP contribution in [0.1, 0.15) is 0 Å². The number of rotatable bonds is 1. The maximum Gasteiger partial charge on any atom is 0.146 e. The van der Waals surface area contributed by atoms with Crippen molar-refractivity contribution in [3.05, 3.63) is 47.2 Å². The lowest BCUT2D eigenvalue weighted by Gasteiger charge is -2.02. The largest absolute Gasteiger partial charge is 0.396 e. The van der Waals surface area contributed by atoms with Crippen LogP contribution in [-0.4, -0.2) is 9.97 Å². The highest BCUT2D eigenvalue weighted by atomic mass is 35.5. The van der Waals surface area contributed by atoms with E-state index >= 15 is 0 Å². The quantitative estimate of drug-likeness (QED) is 0.658. The van der Waals surface area contributed by atoms with Crippen LogP contribution in [0.15, 0.2) is 36.4 Å². The molecule has 90 valence electrons. The highest BCUT2D eigenvalue weighted by Crippen LogP contribution is 2.29. The molecule has 3 aromatic rings. The van der Waals surface area contributed by atoms with Crippen molar-refractivity contribution in [1.29, 1.82) is 0 Å². The van der Waals surface area contributed by atoms with Gasteiger partial charge in [0.2, 0.25) is 0 Å². The number of nitrogen functional groups attached to an aromatic ring is 1. The number of benzene rings is 2. The second-order valence-electron chi connectivity index (χ2n) is 3.92. The summed E-state index contributed by atoms with van der Waals surface area (Å²) in [5, 5.41) is 0.546. The van der Waals surface area contributed by atoms with Crippen LogP contribution in [0.25, 0.3) is 22.4 Å². The lowest BCUT2D eigenvalue weighted by atomic mass is 10.1. The van der Waals surface area contributed by atoms with Gasteiger partial charge in [0.1, 0.15) is 17.2 Å². The molecule has 0 radical (unpaired) electrons. The van der Waals surface area contributed by atoms with Gasteiger partial charge in [-0.25, -0.2) is 9.37 Å². The highest BCUT2D eigenvalue weighted by molar-refractivity contribution is 6.35. The minimum absolute atomic E-state index is 0.0766. The highest BCUT2D eigenvalue weighted by Gasteiger charge is 2.12. The van der Waals surface area contributed by atoms with Crippen molar-refractivity contribution in [2.24, 2.45) is 0 Å². The van der Waals surface area contributed by atoms with Crippen LogP contribution >= 0.6 is 11.6 Å². The molecular weight excluding hydrogens is 253 g/mol. The maximum absolute atomic E-state index is 13.4. The summed E-state index contributed by atoms with van der Waals surface area (Å²) in [4.78, 5) is 7.43. The molecule has 1 aromatic heterocycles. The van der Waals surface area contributed by atoms with E-state index in [4.69, 9.17) is 17.3 Å². The number of para-hydroxylation sites is 2. The number of aromatic nitrogens is 2. The summed E-state index contributed by atoms with van der Waals surface area (Å²) in [6.07, 6.45) is 0. The molecule has 0 amide bonds. The third-order valence-corrected chi connectivity index (χ3v) is 3.08. The summed E-state index contributed by atoms with van der Waals surface area (Å²) < 4.78 is 13.4. The Balaban J connectivity index is 2.26. The zero-order valence-electron chi connectivity index (χ0n) is 9.24. The number of hydrogen-bond donors (Lipinski definition) is 2. The van der Waals surface area contributed by atoms with Crippen molar-refractivity contribution in [3.63, 3.8) is 0 Å². The second-order valence-corrected chi connectivity index (χ2v) is 4.33. The van der Waals surface area contributed by atoms with Crippen molar-refractivity contribution in [2.75, 3.05) is 5.73 Å². The van der Waals surface area contributed by atoms with E-state index in [1.165, 1.54) is 6.07 Å². The van der Waals surface area contributed by atoms with Gasteiger partial charge in [-0.1, -0.05) is 23.7 Å². The van der Waals surface area contributed by atoms with E-state index in [1.54, 1.807) is 18.2 Å². The van der Waals surface area contributed by atoms with Gasteiger partial charge >= 0.3 is 0 Å². The van der Waals surface area contributed by atoms with Gasteiger partial charge < -0.3 is 10.7 Å². The van der Waals surface area contributed by atoms with Gasteiger partial charge in [0.25, 0.3) is 0 Å². The Morgan fingerprint density at radius 1 is 1.17 bits per heavy atom. The fourth-order valence-corrected chi connectivity index (χ4v) is 2.09. The smallest absolute Gasteiger partial charge is 0.146 e. The molecule has 0 spiro atoms. The van der Waals surface area contributed by atoms with E-state index in [0.717, 1.165) is 5.52 Å². The molecule has 0 aliphatic carbocycles. The number of fused-ring (bicyclic) bond motifs is 1. The lowest BCUT2D eigenvalue weighted by Crippen LogP contribution is -1.94. The normalized spacial score (nSPS) is 11.0. The molecule has 1 heterocycles. The van der Waals surface area contributed by atoms with Crippen molar-refractivity contribution in [1.82, 2.24) is 9.97 Å². The zero-order chi connectivity index (χ0) is 12.7. The minimum Gasteiger partial charge on any atom is -0.396 e. The van der Waals surface area contributed by atoms with E-state index in [-0.39, 0.29) is 5.69 Å². The van der Waals surface area contributed by atoms with Crippen LogP contribution in [0.2, 0.25) is 5.02 Å². The lowest BCUT2D eigenvalue weighted by molar-refractivity contribution is 0.633. The average Bonchev–Trinajstić information content (AvgIpc) is 2.78. The summed E-state index contributed by atoms with van der Waals surface area (Å²) in [5.41, 5.74) is 7.76. The molecule has 3 rings (SSSR count). The van der Waals surface area contributed by atoms with Gasteiger partial charge in [-0.15, -0.1) is 0 Å². The van der Waals surface area contributed by atoms with Crippen LogP contribution in [0.4, 0.5) is 10.1 Å². The molecule has 2 aromatic carbocycles. The van der Waals surface area contributed by atoms with Crippen molar-refractivity contribution in [2.45, 2.75) is 0 Å². The Morgan fingerprint density at radius 2 is 1.94 bits per heavy atom. The molecule has 18 heavy (non-hydrogen) atoms. The first kappa shape index (κ1) is 11.0. The molecule has 0 unspecified atom stereocenters. The summed E-state index contributed by atoms with van der Waals surface area (Å²) in [7, 11) is 0. The predicted octanol–water partition coefficient (Wildman–Crippen LogP) is 3.60. The number of halogens is 2. The van der Waals surface area contributed by atoms with Crippen molar-refractivity contribution < 1.29 is 4.39 Å². The topological polar surface area (TPSA) is 54.7 Å². The fourth-order valence-electron chi connectivity index (χ4n) is 1.87. The van der Waals surface area contributed by atoms with Gasteiger partial charge in [0, 0.05) is 5.56 Å². The number of imidazole rings is 1. The fraction of sp³-hybridized carbons (Fsp3) is 0. The van der Waals surface area contributed by atoms with Gasteiger partial charge in [0.05, 0.1) is 16.2 Å². The van der Waals surface area contributed by atoms with Crippen LogP contribution in [0.5, 0.6) is 0 Å². The van der Waals surface area contributed by atoms with Crippen LogP contribution in [0.3, 0.4) is 0 Å². The van der Waals surface area contributed by atoms with E-state index in [0.29, 0.717) is 21.9 Å². The van der Waals surface area contributed by atoms with E-state index in [2.05, 4.69) is 9.97 Å². The Morgan fingerprint density at radius 3 is 2.72 bits per heavy atom. The number of aromatic amines is 1. The third kappa shape index (κ3) is 1.62. The first-order chi connectivity index (χ1) is 8.66. The molecule has 0 saturated carbocycles. The molecule has 0 saturated heterocycles. The molecule has 0 fully saturated rings. The molecule has 3 N–H and O–H groups in total. The van der Waals surface area contributed by atoms with Crippen LogP contribution < -0.4 is 5.73 Å². The van der Waals surface area contributed by atoms with Crippen LogP contribution in [0, 0.1) is 5.82 Å². The summed E-state index contributed by atoms with van der Waals surface area (Å²) in [6, 6.07) is 10.0. The molecular formula is C13H9ClFN3. The first-order valence-corrected chi connectivity index (χ1v) is 5.73. The second kappa shape index (κ2) is 3.99. The van der Waals surface area contributed by atoms with E-state index in [9.17, 15) is 4.39 Å². The molecule has 5 heteroatoms. The summed E-state index contributed by atoms with van der Waals surface area (Å²) in [6.45, 7) is 0. The third-order valence-electron chi connectivity index (χ3n) is 2.77. The average molecular weight is 262 g/mol.